The lowest BCUT2D eigenvalue weighted by Gasteiger charge is -2.10. The predicted octanol–water partition coefficient (Wildman–Crippen LogP) is 4.03. The molecule has 0 aliphatic rings. The Kier molecular flexibility index (Phi) is 4.27. The lowest BCUT2D eigenvalue weighted by atomic mass is 10.1. The average Bonchev–Trinajstić information content (AvgIpc) is 2.70. The van der Waals surface area contributed by atoms with Gasteiger partial charge in [0.2, 0.25) is 5.78 Å². The highest BCUT2D eigenvalue weighted by molar-refractivity contribution is 9.10. The third kappa shape index (κ3) is 2.82. The first-order valence-electron chi connectivity index (χ1n) is 5.86. The number of ether oxygens (including phenoxy) is 1. The second-order valence-electron chi connectivity index (χ2n) is 4.00. The smallest absolute Gasteiger partial charge is 0.208 e. The Morgan fingerprint density at radius 3 is 2.79 bits per heavy atom. The van der Waals surface area contributed by atoms with Crippen molar-refractivity contribution in [3.8, 4) is 5.75 Å². The van der Waals surface area contributed by atoms with Gasteiger partial charge in [-0.1, -0.05) is 6.07 Å². The number of nitrogen functional groups attached to an aromatic ring is 1. The van der Waals surface area contributed by atoms with Crippen molar-refractivity contribution in [2.45, 2.75) is 13.8 Å². The van der Waals surface area contributed by atoms with Crippen molar-refractivity contribution in [1.82, 2.24) is 0 Å². The van der Waals surface area contributed by atoms with Crippen LogP contribution >= 0.6 is 27.3 Å². The molecule has 1 heterocycles. The third-order valence-corrected chi connectivity index (χ3v) is 4.80. The first kappa shape index (κ1) is 14.1. The number of rotatable bonds is 4. The number of hydrogen-bond donors (Lipinski definition) is 1. The van der Waals surface area contributed by atoms with Gasteiger partial charge in [0.15, 0.2) is 0 Å². The zero-order valence-corrected chi connectivity index (χ0v) is 13.1. The number of nitrogens with two attached hydrogens (primary N) is 1. The maximum atomic E-state index is 12.6. The van der Waals surface area contributed by atoms with E-state index in [1.807, 2.05) is 19.9 Å². The van der Waals surface area contributed by atoms with E-state index in [-0.39, 0.29) is 5.78 Å². The van der Waals surface area contributed by atoms with Crippen molar-refractivity contribution in [3.05, 3.63) is 44.1 Å². The summed E-state index contributed by atoms with van der Waals surface area (Å²) >= 11 is 4.87. The summed E-state index contributed by atoms with van der Waals surface area (Å²) in [5.41, 5.74) is 6.81. The van der Waals surface area contributed by atoms with E-state index in [0.717, 1.165) is 9.35 Å². The molecular weight excluding hydrogens is 326 g/mol. The lowest BCUT2D eigenvalue weighted by Crippen LogP contribution is -2.07. The van der Waals surface area contributed by atoms with Gasteiger partial charge in [0.25, 0.3) is 0 Å². The summed E-state index contributed by atoms with van der Waals surface area (Å²) in [6.45, 7) is 4.34. The van der Waals surface area contributed by atoms with Gasteiger partial charge in [0, 0.05) is 15.0 Å². The predicted molar refractivity (Wildman–Crippen MR) is 82.2 cm³/mol. The molecule has 2 rings (SSSR count). The Balaban J connectivity index is 2.48. The minimum absolute atomic E-state index is 0.0969. The van der Waals surface area contributed by atoms with Gasteiger partial charge in [-0.3, -0.25) is 4.79 Å². The highest BCUT2D eigenvalue weighted by Gasteiger charge is 2.20. The summed E-state index contributed by atoms with van der Waals surface area (Å²) < 4.78 is 6.43. The van der Waals surface area contributed by atoms with Crippen LogP contribution in [0.5, 0.6) is 5.75 Å². The van der Waals surface area contributed by atoms with Gasteiger partial charge in [0.05, 0.1) is 17.0 Å². The topological polar surface area (TPSA) is 52.3 Å². The summed E-state index contributed by atoms with van der Waals surface area (Å²) in [6.07, 6.45) is 0. The number of ketones is 1. The van der Waals surface area contributed by atoms with Crippen LogP contribution in [0.3, 0.4) is 0 Å². The molecule has 1 aromatic carbocycles. The van der Waals surface area contributed by atoms with Crippen molar-refractivity contribution in [1.29, 1.82) is 0 Å². The first-order chi connectivity index (χ1) is 9.04. The Morgan fingerprint density at radius 2 is 2.21 bits per heavy atom. The van der Waals surface area contributed by atoms with E-state index in [0.29, 0.717) is 28.5 Å². The van der Waals surface area contributed by atoms with Gasteiger partial charge in [-0.05, 0) is 48.0 Å². The zero-order valence-electron chi connectivity index (χ0n) is 10.7. The summed E-state index contributed by atoms with van der Waals surface area (Å²) in [4.78, 5) is 14.3. The lowest BCUT2D eigenvalue weighted by molar-refractivity contribution is 0.103. The van der Waals surface area contributed by atoms with Crippen LogP contribution in [0, 0.1) is 6.92 Å². The molecule has 0 saturated carbocycles. The van der Waals surface area contributed by atoms with Crippen LogP contribution in [0.15, 0.2) is 28.7 Å². The number of hydrogen-bond acceptors (Lipinski definition) is 4. The summed E-state index contributed by atoms with van der Waals surface area (Å²) in [5, 5.41) is 0. The number of halogens is 1. The van der Waals surface area contributed by atoms with E-state index >= 15 is 0 Å². The molecule has 0 bridgehead atoms. The molecule has 0 saturated heterocycles. The second-order valence-corrected chi connectivity index (χ2v) is 6.11. The molecule has 0 atom stereocenters. The molecule has 0 fully saturated rings. The molecule has 0 aliphatic heterocycles. The van der Waals surface area contributed by atoms with Gasteiger partial charge in [-0.25, -0.2) is 0 Å². The molecule has 0 unspecified atom stereocenters. The average molecular weight is 340 g/mol. The SMILES string of the molecule is CCOc1cccc(N)c1C(=O)c1cc(Br)c(C)s1. The molecule has 0 radical (unpaired) electrons. The third-order valence-electron chi connectivity index (χ3n) is 2.67. The monoisotopic (exact) mass is 339 g/mol. The Morgan fingerprint density at radius 1 is 1.47 bits per heavy atom. The molecule has 2 N–H and O–H groups in total. The van der Waals surface area contributed by atoms with Gasteiger partial charge in [-0.2, -0.15) is 0 Å². The molecule has 5 heteroatoms. The Hall–Kier alpha value is -1.33. The van der Waals surface area contributed by atoms with E-state index in [4.69, 9.17) is 10.5 Å². The normalized spacial score (nSPS) is 10.5. The van der Waals surface area contributed by atoms with Gasteiger partial charge in [-0.15, -0.1) is 11.3 Å². The maximum Gasteiger partial charge on any atom is 0.208 e. The van der Waals surface area contributed by atoms with Crippen LogP contribution in [0.25, 0.3) is 0 Å². The number of anilines is 1. The molecule has 2 aromatic rings. The van der Waals surface area contributed by atoms with Crippen LogP contribution in [-0.4, -0.2) is 12.4 Å². The molecule has 100 valence electrons. The van der Waals surface area contributed by atoms with E-state index in [9.17, 15) is 4.79 Å². The summed E-state index contributed by atoms with van der Waals surface area (Å²) in [5.74, 6) is 0.440. The Labute approximate surface area is 124 Å². The van der Waals surface area contributed by atoms with Crippen LogP contribution in [0.1, 0.15) is 27.0 Å². The molecule has 0 aliphatic carbocycles. The number of benzene rings is 1. The van der Waals surface area contributed by atoms with Crippen molar-refractivity contribution in [3.63, 3.8) is 0 Å². The van der Waals surface area contributed by atoms with Gasteiger partial charge in [0.1, 0.15) is 5.75 Å². The largest absolute Gasteiger partial charge is 0.493 e. The van der Waals surface area contributed by atoms with E-state index in [2.05, 4.69) is 15.9 Å². The Bertz CT molecular complexity index is 602. The standard InChI is InChI=1S/C14H14BrNO2S/c1-3-18-11-6-4-5-10(16)13(11)14(17)12-7-9(15)8(2)19-12/h4-7H,3,16H2,1-2H3. The fraction of sp³-hybridized carbons (Fsp3) is 0.214. The second kappa shape index (κ2) is 5.75. The summed E-state index contributed by atoms with van der Waals surface area (Å²) in [7, 11) is 0. The van der Waals surface area contributed by atoms with Crippen LogP contribution in [-0.2, 0) is 0 Å². The van der Waals surface area contributed by atoms with E-state index in [1.54, 1.807) is 18.2 Å². The highest BCUT2D eigenvalue weighted by Crippen LogP contribution is 2.32. The molecule has 1 aromatic heterocycles. The van der Waals surface area contributed by atoms with Crippen molar-refractivity contribution >= 4 is 38.7 Å². The number of thiophene rings is 1. The first-order valence-corrected chi connectivity index (χ1v) is 7.47. The van der Waals surface area contributed by atoms with E-state index < -0.39 is 0 Å². The fourth-order valence-corrected chi connectivity index (χ4v) is 3.24. The van der Waals surface area contributed by atoms with Gasteiger partial charge < -0.3 is 10.5 Å². The fourth-order valence-electron chi connectivity index (χ4n) is 1.76. The van der Waals surface area contributed by atoms with E-state index in [1.165, 1.54) is 11.3 Å². The molecule has 0 spiro atoms. The number of aryl methyl sites for hydroxylation is 1. The quantitative estimate of drug-likeness (QED) is 0.675. The van der Waals surface area contributed by atoms with Crippen molar-refractivity contribution in [2.75, 3.05) is 12.3 Å². The van der Waals surface area contributed by atoms with Crippen molar-refractivity contribution in [2.24, 2.45) is 0 Å². The molecule has 19 heavy (non-hydrogen) atoms. The highest BCUT2D eigenvalue weighted by atomic mass is 79.9. The molecule has 0 amide bonds. The number of carbonyl (C=O) groups is 1. The number of carbonyl (C=O) groups excluding carboxylic acids is 1. The maximum absolute atomic E-state index is 12.6. The molecular formula is C14H14BrNO2S. The zero-order chi connectivity index (χ0) is 14.0. The van der Waals surface area contributed by atoms with Crippen molar-refractivity contribution < 1.29 is 9.53 Å². The minimum atomic E-state index is -0.0969. The van der Waals surface area contributed by atoms with Crippen LogP contribution < -0.4 is 10.5 Å². The van der Waals surface area contributed by atoms with Gasteiger partial charge >= 0.3 is 0 Å². The minimum Gasteiger partial charge on any atom is -0.493 e. The summed E-state index contributed by atoms with van der Waals surface area (Å²) in [6, 6.07) is 7.09. The van der Waals surface area contributed by atoms with Crippen LogP contribution in [0.4, 0.5) is 5.69 Å². The molecule has 3 nitrogen and oxygen atoms in total. The van der Waals surface area contributed by atoms with Crippen LogP contribution in [0.2, 0.25) is 0 Å².